The van der Waals surface area contributed by atoms with Crippen LogP contribution in [0.1, 0.15) is 11.1 Å². The molecule has 0 amide bonds. The SMILES string of the molecule is N#CC1=C(c2ccccc2)COc2ccccc21. The number of rotatable bonds is 1. The van der Waals surface area contributed by atoms with Crippen molar-refractivity contribution < 1.29 is 4.74 Å². The van der Waals surface area contributed by atoms with Gasteiger partial charge in [-0.2, -0.15) is 5.26 Å². The Kier molecular flexibility index (Phi) is 2.59. The predicted octanol–water partition coefficient (Wildman–Crippen LogP) is 3.51. The zero-order valence-corrected chi connectivity index (χ0v) is 9.76. The van der Waals surface area contributed by atoms with Gasteiger partial charge in [0, 0.05) is 11.1 Å². The maximum Gasteiger partial charge on any atom is 0.128 e. The Bertz CT molecular complexity index is 650. The van der Waals surface area contributed by atoms with E-state index in [1.54, 1.807) is 0 Å². The van der Waals surface area contributed by atoms with Gasteiger partial charge >= 0.3 is 0 Å². The van der Waals surface area contributed by atoms with Crippen molar-refractivity contribution in [3.05, 3.63) is 65.7 Å². The first-order chi connectivity index (χ1) is 8.90. The first-order valence-corrected chi connectivity index (χ1v) is 5.81. The summed E-state index contributed by atoms with van der Waals surface area (Å²) < 4.78 is 5.71. The quantitative estimate of drug-likeness (QED) is 0.755. The maximum atomic E-state index is 9.41. The molecule has 1 aliphatic rings. The minimum atomic E-state index is 0.448. The Morgan fingerprint density at radius 2 is 1.67 bits per heavy atom. The molecule has 2 aromatic rings. The lowest BCUT2D eigenvalue weighted by molar-refractivity contribution is 0.365. The van der Waals surface area contributed by atoms with E-state index < -0.39 is 0 Å². The van der Waals surface area contributed by atoms with Crippen molar-refractivity contribution in [1.29, 1.82) is 5.26 Å². The van der Waals surface area contributed by atoms with Crippen LogP contribution < -0.4 is 4.74 Å². The smallest absolute Gasteiger partial charge is 0.128 e. The Hall–Kier alpha value is -2.53. The molecule has 2 nitrogen and oxygen atoms in total. The zero-order valence-electron chi connectivity index (χ0n) is 9.76. The predicted molar refractivity (Wildman–Crippen MR) is 70.8 cm³/mol. The molecule has 0 aromatic heterocycles. The van der Waals surface area contributed by atoms with Crippen molar-refractivity contribution in [2.45, 2.75) is 0 Å². The highest BCUT2D eigenvalue weighted by molar-refractivity contribution is 6.00. The number of ether oxygens (including phenoxy) is 1. The van der Waals surface area contributed by atoms with E-state index in [0.29, 0.717) is 12.2 Å². The largest absolute Gasteiger partial charge is 0.488 e. The Labute approximate surface area is 106 Å². The van der Waals surface area contributed by atoms with E-state index in [-0.39, 0.29) is 0 Å². The zero-order chi connectivity index (χ0) is 12.4. The summed E-state index contributed by atoms with van der Waals surface area (Å²) in [4.78, 5) is 0. The summed E-state index contributed by atoms with van der Waals surface area (Å²) >= 11 is 0. The first kappa shape index (κ1) is 10.6. The molecule has 0 radical (unpaired) electrons. The van der Waals surface area contributed by atoms with Gasteiger partial charge in [0.15, 0.2) is 0 Å². The van der Waals surface area contributed by atoms with Gasteiger partial charge in [0.1, 0.15) is 18.4 Å². The number of hydrogen-bond acceptors (Lipinski definition) is 2. The summed E-state index contributed by atoms with van der Waals surface area (Å²) in [6.45, 7) is 0.448. The molecule has 0 N–H and O–H groups in total. The molecule has 0 bridgehead atoms. The van der Waals surface area contributed by atoms with Gasteiger partial charge in [0.2, 0.25) is 0 Å². The van der Waals surface area contributed by atoms with E-state index in [1.807, 2.05) is 54.6 Å². The highest BCUT2D eigenvalue weighted by Crippen LogP contribution is 2.36. The number of nitrogens with zero attached hydrogens (tertiary/aromatic N) is 1. The number of para-hydroxylation sites is 1. The van der Waals surface area contributed by atoms with Crippen LogP contribution in [0.2, 0.25) is 0 Å². The minimum Gasteiger partial charge on any atom is -0.488 e. The van der Waals surface area contributed by atoms with Crippen LogP contribution in [-0.4, -0.2) is 6.61 Å². The first-order valence-electron chi connectivity index (χ1n) is 5.81. The van der Waals surface area contributed by atoms with Gasteiger partial charge in [-0.25, -0.2) is 0 Å². The average molecular weight is 233 g/mol. The topological polar surface area (TPSA) is 33.0 Å². The second-order valence-electron chi connectivity index (χ2n) is 4.12. The van der Waals surface area contributed by atoms with Gasteiger partial charge in [-0.3, -0.25) is 0 Å². The molecule has 0 saturated heterocycles. The molecule has 2 heteroatoms. The molecule has 1 heterocycles. The third kappa shape index (κ3) is 1.66. The normalized spacial score (nSPS) is 13.5. The van der Waals surface area contributed by atoms with E-state index in [4.69, 9.17) is 4.74 Å². The number of allylic oxidation sites excluding steroid dienone is 1. The Morgan fingerprint density at radius 1 is 0.944 bits per heavy atom. The Morgan fingerprint density at radius 3 is 2.44 bits per heavy atom. The fourth-order valence-corrected chi connectivity index (χ4v) is 2.18. The van der Waals surface area contributed by atoms with E-state index >= 15 is 0 Å². The van der Waals surface area contributed by atoms with Crippen LogP contribution in [0, 0.1) is 11.3 Å². The van der Waals surface area contributed by atoms with Crippen molar-refractivity contribution in [2.24, 2.45) is 0 Å². The van der Waals surface area contributed by atoms with Crippen LogP contribution >= 0.6 is 0 Å². The fourth-order valence-electron chi connectivity index (χ4n) is 2.18. The lowest BCUT2D eigenvalue weighted by atomic mass is 9.93. The molecule has 0 fully saturated rings. The molecule has 0 spiro atoms. The summed E-state index contributed by atoms with van der Waals surface area (Å²) in [5.74, 6) is 0.786. The minimum absolute atomic E-state index is 0.448. The van der Waals surface area contributed by atoms with E-state index in [1.165, 1.54) is 0 Å². The summed E-state index contributed by atoms with van der Waals surface area (Å²) in [5, 5.41) is 9.41. The fraction of sp³-hybridized carbons (Fsp3) is 0.0625. The number of fused-ring (bicyclic) bond motifs is 1. The van der Waals surface area contributed by atoms with E-state index in [9.17, 15) is 5.26 Å². The van der Waals surface area contributed by atoms with Crippen molar-refractivity contribution in [1.82, 2.24) is 0 Å². The van der Waals surface area contributed by atoms with Crippen LogP contribution in [0.5, 0.6) is 5.75 Å². The molecule has 86 valence electrons. The summed E-state index contributed by atoms with van der Waals surface area (Å²) in [6, 6.07) is 19.9. The third-order valence-corrected chi connectivity index (χ3v) is 3.06. The van der Waals surface area contributed by atoms with Crippen molar-refractivity contribution >= 4 is 11.1 Å². The average Bonchev–Trinajstić information content (AvgIpc) is 2.47. The second-order valence-corrected chi connectivity index (χ2v) is 4.12. The standard InChI is InChI=1S/C16H11NO/c17-10-14-13-8-4-5-9-16(13)18-11-15(14)12-6-2-1-3-7-12/h1-9H,11H2. The highest BCUT2D eigenvalue weighted by atomic mass is 16.5. The molecule has 0 unspecified atom stereocenters. The molecule has 0 saturated carbocycles. The van der Waals surface area contributed by atoms with Crippen LogP contribution in [-0.2, 0) is 0 Å². The molecule has 2 aromatic carbocycles. The molecule has 0 aliphatic carbocycles. The van der Waals surface area contributed by atoms with E-state index in [0.717, 1.165) is 22.4 Å². The molecular formula is C16H11NO. The lowest BCUT2D eigenvalue weighted by Gasteiger charge is -2.20. The Balaban J connectivity index is 2.21. The summed E-state index contributed by atoms with van der Waals surface area (Å²) in [7, 11) is 0. The van der Waals surface area contributed by atoms with Gasteiger partial charge in [-0.15, -0.1) is 0 Å². The number of benzene rings is 2. The van der Waals surface area contributed by atoms with E-state index in [2.05, 4.69) is 6.07 Å². The second kappa shape index (κ2) is 4.38. The van der Waals surface area contributed by atoms with Gasteiger partial charge in [0.25, 0.3) is 0 Å². The highest BCUT2D eigenvalue weighted by Gasteiger charge is 2.20. The number of hydrogen-bond donors (Lipinski definition) is 0. The monoisotopic (exact) mass is 233 g/mol. The molecular weight excluding hydrogens is 222 g/mol. The lowest BCUT2D eigenvalue weighted by Crippen LogP contribution is -2.10. The van der Waals surface area contributed by atoms with Gasteiger partial charge < -0.3 is 4.74 Å². The van der Waals surface area contributed by atoms with Crippen molar-refractivity contribution in [3.8, 4) is 11.8 Å². The van der Waals surface area contributed by atoms with Crippen LogP contribution in [0.25, 0.3) is 11.1 Å². The van der Waals surface area contributed by atoms with Gasteiger partial charge in [-0.1, -0.05) is 42.5 Å². The summed E-state index contributed by atoms with van der Waals surface area (Å²) in [6.07, 6.45) is 0. The van der Waals surface area contributed by atoms with Crippen molar-refractivity contribution in [2.75, 3.05) is 6.61 Å². The third-order valence-electron chi connectivity index (χ3n) is 3.06. The number of nitriles is 1. The molecule has 3 rings (SSSR count). The van der Waals surface area contributed by atoms with Crippen molar-refractivity contribution in [3.63, 3.8) is 0 Å². The molecule has 18 heavy (non-hydrogen) atoms. The molecule has 1 aliphatic heterocycles. The van der Waals surface area contributed by atoms with Crippen LogP contribution in [0.4, 0.5) is 0 Å². The van der Waals surface area contributed by atoms with Gasteiger partial charge in [0.05, 0.1) is 5.57 Å². The van der Waals surface area contributed by atoms with Crippen LogP contribution in [0.15, 0.2) is 54.6 Å². The van der Waals surface area contributed by atoms with Gasteiger partial charge in [-0.05, 0) is 17.7 Å². The van der Waals surface area contributed by atoms with Crippen LogP contribution in [0.3, 0.4) is 0 Å². The maximum absolute atomic E-state index is 9.41. The molecule has 0 atom stereocenters. The summed E-state index contributed by atoms with van der Waals surface area (Å²) in [5.41, 5.74) is 3.59.